The molecule has 3 nitrogen and oxygen atoms in total. The monoisotopic (exact) mass is 328 g/mol. The maximum absolute atomic E-state index is 13.6. The van der Waals surface area contributed by atoms with E-state index in [0.717, 1.165) is 19.6 Å². The summed E-state index contributed by atoms with van der Waals surface area (Å²) in [5, 5.41) is 2.62. The van der Waals surface area contributed by atoms with Crippen LogP contribution in [-0.4, -0.2) is 30.4 Å². The molecule has 1 saturated heterocycles. The molecule has 2 rings (SSSR count). The number of amides is 1. The highest BCUT2D eigenvalue weighted by molar-refractivity contribution is 9.10. The minimum atomic E-state index is -0.416. The summed E-state index contributed by atoms with van der Waals surface area (Å²) in [6, 6.07) is 4.63. The third-order valence-corrected chi connectivity index (χ3v) is 3.80. The van der Waals surface area contributed by atoms with E-state index in [1.807, 2.05) is 0 Å². The molecule has 1 aromatic carbocycles. The minimum absolute atomic E-state index is 0.133. The normalized spacial score (nSPS) is 16.3. The van der Waals surface area contributed by atoms with Crippen molar-refractivity contribution >= 4 is 27.5 Å². The number of halogens is 2. The van der Waals surface area contributed by atoms with Crippen LogP contribution in [-0.2, 0) is 4.79 Å². The fraction of sp³-hybridized carbons (Fsp3) is 0.500. The van der Waals surface area contributed by atoms with Gasteiger partial charge in [0.05, 0.1) is 5.69 Å². The molecule has 1 heterocycles. The number of benzene rings is 1. The number of nitrogens with zero attached hydrogens (tertiary/aromatic N) is 1. The molecule has 0 radical (unpaired) electrons. The predicted molar refractivity (Wildman–Crippen MR) is 77.6 cm³/mol. The van der Waals surface area contributed by atoms with E-state index in [1.165, 1.54) is 25.3 Å². The molecule has 0 aliphatic carbocycles. The Morgan fingerprint density at radius 1 is 1.32 bits per heavy atom. The lowest BCUT2D eigenvalue weighted by molar-refractivity contribution is -0.116. The molecule has 0 atom stereocenters. The lowest BCUT2D eigenvalue weighted by atomic mass is 10.1. The van der Waals surface area contributed by atoms with Gasteiger partial charge in [0, 0.05) is 17.4 Å². The highest BCUT2D eigenvalue weighted by Gasteiger charge is 2.12. The largest absolute Gasteiger partial charge is 0.324 e. The van der Waals surface area contributed by atoms with E-state index >= 15 is 0 Å². The van der Waals surface area contributed by atoms with Crippen LogP contribution >= 0.6 is 15.9 Å². The first-order chi connectivity index (χ1) is 9.15. The van der Waals surface area contributed by atoms with Crippen LogP contribution in [0.1, 0.15) is 25.7 Å². The predicted octanol–water partition coefficient (Wildman–Crippen LogP) is 3.40. The van der Waals surface area contributed by atoms with Gasteiger partial charge in [-0.3, -0.25) is 4.79 Å². The molecular weight excluding hydrogens is 311 g/mol. The Kier molecular flexibility index (Phi) is 5.34. The first kappa shape index (κ1) is 14.5. The van der Waals surface area contributed by atoms with Gasteiger partial charge in [-0.25, -0.2) is 4.39 Å². The van der Waals surface area contributed by atoms with Crippen molar-refractivity contribution in [2.24, 2.45) is 0 Å². The van der Waals surface area contributed by atoms with E-state index in [-0.39, 0.29) is 11.6 Å². The van der Waals surface area contributed by atoms with Crippen LogP contribution in [0.3, 0.4) is 0 Å². The van der Waals surface area contributed by atoms with E-state index in [2.05, 4.69) is 26.1 Å². The molecule has 1 N–H and O–H groups in total. The molecule has 0 spiro atoms. The Morgan fingerprint density at radius 3 is 2.74 bits per heavy atom. The van der Waals surface area contributed by atoms with Crippen LogP contribution in [0.25, 0.3) is 0 Å². The molecule has 0 bridgehead atoms. The van der Waals surface area contributed by atoms with Gasteiger partial charge in [-0.1, -0.05) is 22.4 Å². The number of hydrogen-bond acceptors (Lipinski definition) is 2. The van der Waals surface area contributed by atoms with E-state index in [0.29, 0.717) is 10.9 Å². The van der Waals surface area contributed by atoms with Crippen molar-refractivity contribution in [1.29, 1.82) is 0 Å². The van der Waals surface area contributed by atoms with Crippen molar-refractivity contribution in [1.82, 2.24) is 4.90 Å². The highest BCUT2D eigenvalue weighted by atomic mass is 79.9. The molecule has 1 aliphatic heterocycles. The number of nitrogens with one attached hydrogen (secondary N) is 1. The zero-order chi connectivity index (χ0) is 13.7. The van der Waals surface area contributed by atoms with Crippen LogP contribution in [0.5, 0.6) is 0 Å². The molecule has 0 aromatic heterocycles. The van der Waals surface area contributed by atoms with Crippen molar-refractivity contribution in [3.63, 3.8) is 0 Å². The Hall–Kier alpha value is -0.940. The number of carbonyl (C=O) groups excluding carboxylic acids is 1. The molecule has 1 aliphatic rings. The highest BCUT2D eigenvalue weighted by Crippen LogP contribution is 2.19. The topological polar surface area (TPSA) is 32.3 Å². The summed E-state index contributed by atoms with van der Waals surface area (Å²) >= 11 is 3.19. The second-order valence-electron chi connectivity index (χ2n) is 4.82. The maximum Gasteiger partial charge on any atom is 0.225 e. The van der Waals surface area contributed by atoms with Gasteiger partial charge in [-0.2, -0.15) is 0 Å². The Morgan fingerprint density at radius 2 is 2.05 bits per heavy atom. The summed E-state index contributed by atoms with van der Waals surface area (Å²) in [7, 11) is 0. The number of hydrogen-bond donors (Lipinski definition) is 1. The zero-order valence-electron chi connectivity index (χ0n) is 10.8. The third-order valence-electron chi connectivity index (χ3n) is 3.31. The van der Waals surface area contributed by atoms with E-state index in [1.54, 1.807) is 12.1 Å². The first-order valence-electron chi connectivity index (χ1n) is 6.62. The number of anilines is 1. The lowest BCUT2D eigenvalue weighted by Gasteiger charge is -2.25. The van der Waals surface area contributed by atoms with Crippen LogP contribution in [0.15, 0.2) is 22.7 Å². The van der Waals surface area contributed by atoms with Crippen LogP contribution in [0, 0.1) is 5.82 Å². The Balaban J connectivity index is 1.80. The molecular formula is C14H18BrFN2O. The van der Waals surface area contributed by atoms with Gasteiger partial charge in [0.15, 0.2) is 0 Å². The van der Waals surface area contributed by atoms with Crippen molar-refractivity contribution in [2.75, 3.05) is 25.0 Å². The number of rotatable bonds is 4. The summed E-state index contributed by atoms with van der Waals surface area (Å²) in [6.07, 6.45) is 4.12. The standard InChI is InChI=1S/C14H18BrFN2O/c15-11-4-5-13(12(16)10-11)17-14(19)6-9-18-7-2-1-3-8-18/h4-5,10H,1-3,6-9H2,(H,17,19). The number of carbonyl (C=O) groups is 1. The summed E-state index contributed by atoms with van der Waals surface area (Å²) in [5.74, 6) is -0.549. The number of likely N-dealkylation sites (tertiary alicyclic amines) is 1. The molecule has 0 unspecified atom stereocenters. The smallest absolute Gasteiger partial charge is 0.225 e. The maximum atomic E-state index is 13.6. The van der Waals surface area contributed by atoms with Gasteiger partial charge < -0.3 is 10.2 Å². The first-order valence-corrected chi connectivity index (χ1v) is 7.42. The van der Waals surface area contributed by atoms with Crippen molar-refractivity contribution in [3.8, 4) is 0 Å². The van der Waals surface area contributed by atoms with E-state index in [9.17, 15) is 9.18 Å². The quantitative estimate of drug-likeness (QED) is 0.918. The van der Waals surface area contributed by atoms with Crippen LogP contribution < -0.4 is 5.32 Å². The third kappa shape index (κ3) is 4.58. The lowest BCUT2D eigenvalue weighted by Crippen LogP contribution is -2.32. The van der Waals surface area contributed by atoms with Crippen LogP contribution in [0.4, 0.5) is 10.1 Å². The fourth-order valence-corrected chi connectivity index (χ4v) is 2.58. The minimum Gasteiger partial charge on any atom is -0.324 e. The average Bonchev–Trinajstić information content (AvgIpc) is 2.41. The summed E-state index contributed by atoms with van der Waals surface area (Å²) in [4.78, 5) is 14.1. The summed E-state index contributed by atoms with van der Waals surface area (Å²) in [6.45, 7) is 2.89. The SMILES string of the molecule is O=C(CCN1CCCCC1)Nc1ccc(Br)cc1F. The fourth-order valence-electron chi connectivity index (χ4n) is 2.25. The zero-order valence-corrected chi connectivity index (χ0v) is 12.4. The summed E-state index contributed by atoms with van der Waals surface area (Å²) < 4.78 is 14.2. The van der Waals surface area contributed by atoms with E-state index < -0.39 is 5.82 Å². The Bertz CT molecular complexity index is 447. The molecule has 1 aromatic rings. The summed E-state index contributed by atoms with van der Waals surface area (Å²) in [5.41, 5.74) is 0.242. The van der Waals surface area contributed by atoms with Gasteiger partial charge in [0.2, 0.25) is 5.91 Å². The van der Waals surface area contributed by atoms with E-state index in [4.69, 9.17) is 0 Å². The second kappa shape index (κ2) is 7.01. The van der Waals surface area contributed by atoms with Crippen molar-refractivity contribution in [3.05, 3.63) is 28.5 Å². The molecule has 19 heavy (non-hydrogen) atoms. The second-order valence-corrected chi connectivity index (χ2v) is 5.74. The Labute approximate surface area is 121 Å². The van der Waals surface area contributed by atoms with Crippen LogP contribution in [0.2, 0.25) is 0 Å². The van der Waals surface area contributed by atoms with Crippen molar-refractivity contribution in [2.45, 2.75) is 25.7 Å². The molecule has 1 fully saturated rings. The van der Waals surface area contributed by atoms with Gasteiger partial charge in [-0.05, 0) is 44.1 Å². The molecule has 1 amide bonds. The number of piperidine rings is 1. The molecule has 104 valence electrons. The van der Waals surface area contributed by atoms with Gasteiger partial charge in [0.1, 0.15) is 5.82 Å². The van der Waals surface area contributed by atoms with Gasteiger partial charge >= 0.3 is 0 Å². The molecule has 5 heteroatoms. The molecule has 0 saturated carbocycles. The van der Waals surface area contributed by atoms with Gasteiger partial charge in [-0.15, -0.1) is 0 Å². The van der Waals surface area contributed by atoms with Gasteiger partial charge in [0.25, 0.3) is 0 Å². The van der Waals surface area contributed by atoms with Crippen molar-refractivity contribution < 1.29 is 9.18 Å². The average molecular weight is 329 g/mol.